The molecule has 0 radical (unpaired) electrons. The summed E-state index contributed by atoms with van der Waals surface area (Å²) in [6, 6.07) is 10.9. The summed E-state index contributed by atoms with van der Waals surface area (Å²) in [5.74, 6) is 1.37. The van der Waals surface area contributed by atoms with Crippen LogP contribution in [-0.4, -0.2) is 32.1 Å². The Hall–Kier alpha value is -3.41. The summed E-state index contributed by atoms with van der Waals surface area (Å²) in [4.78, 5) is 12.1. The van der Waals surface area contributed by atoms with Crippen LogP contribution in [0, 0.1) is 6.92 Å². The average molecular weight is 366 g/mol. The van der Waals surface area contributed by atoms with Crippen LogP contribution in [0.3, 0.4) is 0 Å². The number of hydrogen-bond acceptors (Lipinski definition) is 5. The summed E-state index contributed by atoms with van der Waals surface area (Å²) in [5.41, 5.74) is 2.25. The zero-order valence-corrected chi connectivity index (χ0v) is 15.2. The predicted octanol–water partition coefficient (Wildman–Crippen LogP) is 4.26. The van der Waals surface area contributed by atoms with Crippen molar-refractivity contribution in [1.29, 1.82) is 0 Å². The molecule has 3 aromatic carbocycles. The quantitative estimate of drug-likeness (QED) is 0.744. The lowest BCUT2D eigenvalue weighted by molar-refractivity contribution is 0.0697. The Labute approximate surface area is 155 Å². The van der Waals surface area contributed by atoms with Crippen molar-refractivity contribution in [3.05, 3.63) is 47.5 Å². The zero-order valence-electron chi connectivity index (χ0n) is 15.2. The number of hydrogen-bond donors (Lipinski definition) is 1. The second-order valence-electron chi connectivity index (χ2n) is 6.24. The highest BCUT2D eigenvalue weighted by Crippen LogP contribution is 2.43. The molecule has 1 N–H and O–H groups in total. The van der Waals surface area contributed by atoms with Crippen molar-refractivity contribution >= 4 is 16.7 Å². The van der Waals surface area contributed by atoms with Crippen LogP contribution in [0.1, 0.15) is 15.9 Å². The van der Waals surface area contributed by atoms with Gasteiger partial charge >= 0.3 is 5.97 Å². The Morgan fingerprint density at radius 1 is 1.00 bits per heavy atom. The fourth-order valence-corrected chi connectivity index (χ4v) is 3.50. The van der Waals surface area contributed by atoms with Crippen molar-refractivity contribution in [2.75, 3.05) is 21.0 Å². The molecule has 138 valence electrons. The number of benzene rings is 3. The van der Waals surface area contributed by atoms with Gasteiger partial charge in [0.2, 0.25) is 6.79 Å². The van der Waals surface area contributed by atoms with E-state index < -0.39 is 5.97 Å². The number of carbonyl (C=O) groups is 1. The third kappa shape index (κ3) is 2.70. The van der Waals surface area contributed by atoms with Gasteiger partial charge in [0, 0.05) is 5.56 Å². The van der Waals surface area contributed by atoms with Crippen molar-refractivity contribution < 1.29 is 28.8 Å². The minimum Gasteiger partial charge on any atom is -0.493 e. The molecule has 6 nitrogen and oxygen atoms in total. The molecule has 0 saturated carbocycles. The van der Waals surface area contributed by atoms with Crippen LogP contribution in [0.15, 0.2) is 36.4 Å². The van der Waals surface area contributed by atoms with E-state index in [9.17, 15) is 9.90 Å². The molecule has 0 aliphatic carbocycles. The van der Waals surface area contributed by atoms with Gasteiger partial charge < -0.3 is 24.1 Å². The third-order valence-corrected chi connectivity index (χ3v) is 4.72. The van der Waals surface area contributed by atoms with E-state index in [0.29, 0.717) is 34.1 Å². The normalized spacial score (nSPS) is 12.3. The lowest BCUT2D eigenvalue weighted by Gasteiger charge is -2.16. The highest BCUT2D eigenvalue weighted by atomic mass is 16.7. The minimum atomic E-state index is -0.989. The molecule has 1 aliphatic heterocycles. The Morgan fingerprint density at radius 3 is 2.41 bits per heavy atom. The summed E-state index contributed by atoms with van der Waals surface area (Å²) < 4.78 is 21.7. The summed E-state index contributed by atoms with van der Waals surface area (Å²) in [5, 5.41) is 11.5. The predicted molar refractivity (Wildman–Crippen MR) is 100 cm³/mol. The van der Waals surface area contributed by atoms with Crippen molar-refractivity contribution in [3.8, 4) is 34.1 Å². The maximum atomic E-state index is 12.1. The van der Waals surface area contributed by atoms with Gasteiger partial charge in [0.1, 0.15) is 0 Å². The first-order valence-corrected chi connectivity index (χ1v) is 8.36. The maximum absolute atomic E-state index is 12.1. The first-order chi connectivity index (χ1) is 13.0. The van der Waals surface area contributed by atoms with Gasteiger partial charge in [0.25, 0.3) is 0 Å². The van der Waals surface area contributed by atoms with Crippen molar-refractivity contribution in [3.63, 3.8) is 0 Å². The molecule has 0 unspecified atom stereocenters. The van der Waals surface area contributed by atoms with E-state index in [1.807, 2.05) is 18.2 Å². The molecule has 4 rings (SSSR count). The molecule has 1 heterocycles. The van der Waals surface area contributed by atoms with Gasteiger partial charge in [-0.25, -0.2) is 4.79 Å². The van der Waals surface area contributed by atoms with Gasteiger partial charge in [0.05, 0.1) is 19.8 Å². The Balaban J connectivity index is 2.09. The lowest BCUT2D eigenvalue weighted by atomic mass is 9.89. The number of carboxylic acid groups (broad SMARTS) is 1. The van der Waals surface area contributed by atoms with Crippen molar-refractivity contribution in [1.82, 2.24) is 0 Å². The van der Waals surface area contributed by atoms with Crippen LogP contribution < -0.4 is 18.9 Å². The van der Waals surface area contributed by atoms with Crippen LogP contribution in [0.5, 0.6) is 23.0 Å². The van der Waals surface area contributed by atoms with Gasteiger partial charge in [-0.1, -0.05) is 12.1 Å². The van der Waals surface area contributed by atoms with Crippen LogP contribution >= 0.6 is 0 Å². The molecule has 6 heteroatoms. The van der Waals surface area contributed by atoms with E-state index >= 15 is 0 Å². The Bertz CT molecular complexity index is 1070. The van der Waals surface area contributed by atoms with Gasteiger partial charge in [-0.05, 0) is 53.1 Å². The molecule has 1 aliphatic rings. The number of fused-ring (bicyclic) bond motifs is 2. The molecular formula is C21H18O6. The fraction of sp³-hybridized carbons (Fsp3) is 0.190. The number of aromatic carboxylic acids is 1. The third-order valence-electron chi connectivity index (χ3n) is 4.72. The van der Waals surface area contributed by atoms with Crippen LogP contribution in [0.25, 0.3) is 21.9 Å². The van der Waals surface area contributed by atoms with Gasteiger partial charge in [-0.2, -0.15) is 0 Å². The van der Waals surface area contributed by atoms with E-state index in [4.69, 9.17) is 18.9 Å². The SMILES string of the molecule is COc1cc2cc(C)c(C(=O)O)c(-c3ccc4c(c3)OCO4)c2cc1OC. The van der Waals surface area contributed by atoms with Gasteiger partial charge in [-0.15, -0.1) is 0 Å². The molecule has 0 bridgehead atoms. The summed E-state index contributed by atoms with van der Waals surface area (Å²) >= 11 is 0. The van der Waals surface area contributed by atoms with Crippen LogP contribution in [0.2, 0.25) is 0 Å². The highest BCUT2D eigenvalue weighted by Gasteiger charge is 2.22. The van der Waals surface area contributed by atoms with Gasteiger partial charge in [-0.3, -0.25) is 0 Å². The van der Waals surface area contributed by atoms with E-state index in [0.717, 1.165) is 16.3 Å². The van der Waals surface area contributed by atoms with Crippen LogP contribution in [0.4, 0.5) is 0 Å². The van der Waals surface area contributed by atoms with Gasteiger partial charge in [0.15, 0.2) is 23.0 Å². The Morgan fingerprint density at radius 2 is 1.70 bits per heavy atom. The van der Waals surface area contributed by atoms with E-state index in [1.54, 1.807) is 39.3 Å². The summed E-state index contributed by atoms with van der Waals surface area (Å²) in [6.07, 6.45) is 0. The standard InChI is InChI=1S/C21H18O6/c1-11-6-13-8-16(24-2)17(25-3)9-14(13)20(19(11)21(22)23)12-4-5-15-18(7-12)27-10-26-15/h4-9H,10H2,1-3H3,(H,22,23). The fourth-order valence-electron chi connectivity index (χ4n) is 3.50. The number of carboxylic acids is 1. The van der Waals surface area contributed by atoms with E-state index in [2.05, 4.69) is 0 Å². The first kappa shape index (κ1) is 17.0. The molecule has 0 atom stereocenters. The smallest absolute Gasteiger partial charge is 0.336 e. The summed E-state index contributed by atoms with van der Waals surface area (Å²) in [6.45, 7) is 1.94. The van der Waals surface area contributed by atoms with E-state index in [-0.39, 0.29) is 12.4 Å². The topological polar surface area (TPSA) is 74.2 Å². The van der Waals surface area contributed by atoms with Crippen LogP contribution in [-0.2, 0) is 0 Å². The largest absolute Gasteiger partial charge is 0.493 e. The lowest BCUT2D eigenvalue weighted by Crippen LogP contribution is -2.04. The van der Waals surface area contributed by atoms with Crippen molar-refractivity contribution in [2.45, 2.75) is 6.92 Å². The monoisotopic (exact) mass is 366 g/mol. The molecule has 0 spiro atoms. The zero-order chi connectivity index (χ0) is 19.1. The molecule has 0 fully saturated rings. The molecular weight excluding hydrogens is 348 g/mol. The highest BCUT2D eigenvalue weighted by molar-refractivity contribution is 6.09. The molecule has 3 aromatic rings. The number of aryl methyl sites for hydroxylation is 1. The molecule has 0 amide bonds. The maximum Gasteiger partial charge on any atom is 0.336 e. The molecule has 27 heavy (non-hydrogen) atoms. The van der Waals surface area contributed by atoms with E-state index in [1.165, 1.54) is 0 Å². The number of ether oxygens (including phenoxy) is 4. The number of methoxy groups -OCH3 is 2. The molecule has 0 saturated heterocycles. The summed E-state index contributed by atoms with van der Waals surface area (Å²) in [7, 11) is 3.12. The molecule has 0 aromatic heterocycles. The average Bonchev–Trinajstić information content (AvgIpc) is 3.13. The minimum absolute atomic E-state index is 0.157. The Kier molecular flexibility index (Phi) is 4.03. The second kappa shape index (κ2) is 6.39. The van der Waals surface area contributed by atoms with Crippen molar-refractivity contribution in [2.24, 2.45) is 0 Å². The first-order valence-electron chi connectivity index (χ1n) is 8.36. The second-order valence-corrected chi connectivity index (χ2v) is 6.24. The number of rotatable bonds is 4.